The normalized spacial score (nSPS) is 17.1. The van der Waals surface area contributed by atoms with Crippen molar-refractivity contribution in [1.82, 2.24) is 19.6 Å². The lowest BCUT2D eigenvalue weighted by atomic mass is 10.0. The van der Waals surface area contributed by atoms with E-state index in [-0.39, 0.29) is 37.9 Å². The predicted molar refractivity (Wildman–Crippen MR) is 135 cm³/mol. The van der Waals surface area contributed by atoms with Gasteiger partial charge in [0.1, 0.15) is 0 Å². The standard InChI is InChI=1S/C24H38N6O6/c1-27(2)20(18-3-5-19(6-4-18)26-22(32)8-7-21(25)31)15-28-9-11-29(16-23(33)34)13-14-30(12-10-28)17-24(35)36/h3-6,20H,7-17H2,1-2H3,(H2,25,31)(H,26,32)(H,33,34)(H,35,36). The number of aliphatic carboxylic acids is 2. The first-order valence-electron chi connectivity index (χ1n) is 12.0. The Morgan fingerprint density at radius 3 is 1.75 bits per heavy atom. The maximum atomic E-state index is 12.0. The first-order valence-corrected chi connectivity index (χ1v) is 12.0. The van der Waals surface area contributed by atoms with Crippen molar-refractivity contribution in [2.24, 2.45) is 5.73 Å². The van der Waals surface area contributed by atoms with E-state index in [1.54, 1.807) is 0 Å². The van der Waals surface area contributed by atoms with E-state index in [1.807, 2.05) is 48.2 Å². The maximum absolute atomic E-state index is 12.0. The average molecular weight is 507 g/mol. The molecule has 0 saturated carbocycles. The van der Waals surface area contributed by atoms with Gasteiger partial charge in [0.05, 0.1) is 13.1 Å². The topological polar surface area (TPSA) is 160 Å². The van der Waals surface area contributed by atoms with Crippen molar-refractivity contribution < 1.29 is 29.4 Å². The molecule has 1 aliphatic heterocycles. The summed E-state index contributed by atoms with van der Waals surface area (Å²) in [6.07, 6.45) is 0.0282. The van der Waals surface area contributed by atoms with Crippen LogP contribution in [-0.4, -0.2) is 127 Å². The van der Waals surface area contributed by atoms with Gasteiger partial charge in [0.2, 0.25) is 11.8 Å². The number of amides is 2. The van der Waals surface area contributed by atoms with Crippen LogP contribution in [0.25, 0.3) is 0 Å². The molecule has 2 amide bonds. The first kappa shape index (κ1) is 29.2. The number of carbonyl (C=O) groups is 4. The molecule has 1 saturated heterocycles. The Hall–Kier alpha value is -3.06. The zero-order valence-corrected chi connectivity index (χ0v) is 21.1. The summed E-state index contributed by atoms with van der Waals surface area (Å²) in [5, 5.41) is 21.3. The summed E-state index contributed by atoms with van der Waals surface area (Å²) in [7, 11) is 3.96. The van der Waals surface area contributed by atoms with Crippen LogP contribution in [-0.2, 0) is 19.2 Å². The third kappa shape index (κ3) is 10.7. The number of likely N-dealkylation sites (N-methyl/N-ethyl adjacent to an activating group) is 1. The summed E-state index contributed by atoms with van der Waals surface area (Å²) in [5.41, 5.74) is 6.76. The molecule has 1 aliphatic rings. The highest BCUT2D eigenvalue weighted by molar-refractivity contribution is 5.92. The molecule has 1 heterocycles. The predicted octanol–water partition coefficient (Wildman–Crippen LogP) is -0.418. The Balaban J connectivity index is 2.09. The number of nitrogens with zero attached hydrogens (tertiary/aromatic N) is 4. The van der Waals surface area contributed by atoms with Gasteiger partial charge in [-0.2, -0.15) is 0 Å². The fourth-order valence-electron chi connectivity index (χ4n) is 4.13. The fraction of sp³-hybridized carbons (Fsp3) is 0.583. The van der Waals surface area contributed by atoms with Crippen LogP contribution in [0.3, 0.4) is 0 Å². The van der Waals surface area contributed by atoms with Crippen LogP contribution in [0.5, 0.6) is 0 Å². The SMILES string of the molecule is CN(C)C(CN1CCN(CC(=O)O)CCN(CC(=O)O)CC1)c1ccc(NC(=O)CCC(N)=O)cc1. The summed E-state index contributed by atoms with van der Waals surface area (Å²) in [5.74, 6) is -2.61. The number of nitrogens with one attached hydrogen (secondary N) is 1. The second-order valence-electron chi connectivity index (χ2n) is 9.26. The van der Waals surface area contributed by atoms with Crippen molar-refractivity contribution in [3.8, 4) is 0 Å². The zero-order valence-electron chi connectivity index (χ0n) is 21.1. The molecule has 1 fully saturated rings. The Kier molecular flexibility index (Phi) is 11.7. The van der Waals surface area contributed by atoms with Crippen molar-refractivity contribution in [1.29, 1.82) is 0 Å². The summed E-state index contributed by atoms with van der Waals surface area (Å²) in [6, 6.07) is 7.54. The molecule has 1 aromatic carbocycles. The van der Waals surface area contributed by atoms with E-state index >= 15 is 0 Å². The molecule has 2 rings (SSSR count). The molecular formula is C24H38N6O6. The smallest absolute Gasteiger partial charge is 0.317 e. The quantitative estimate of drug-likeness (QED) is 0.293. The van der Waals surface area contributed by atoms with E-state index in [4.69, 9.17) is 5.73 Å². The number of benzene rings is 1. The van der Waals surface area contributed by atoms with Crippen LogP contribution in [0.15, 0.2) is 24.3 Å². The number of hydrogen-bond acceptors (Lipinski definition) is 8. The summed E-state index contributed by atoms with van der Waals surface area (Å²) in [4.78, 5) is 53.4. The fourth-order valence-corrected chi connectivity index (χ4v) is 4.13. The number of carboxylic acids is 2. The van der Waals surface area contributed by atoms with Gasteiger partial charge in [0.25, 0.3) is 0 Å². The number of carbonyl (C=O) groups excluding carboxylic acids is 2. The van der Waals surface area contributed by atoms with E-state index in [2.05, 4.69) is 15.1 Å². The van der Waals surface area contributed by atoms with Gasteiger partial charge in [-0.15, -0.1) is 0 Å². The molecule has 12 nitrogen and oxygen atoms in total. The van der Waals surface area contributed by atoms with Crippen LogP contribution in [0, 0.1) is 0 Å². The van der Waals surface area contributed by atoms with Crippen molar-refractivity contribution >= 4 is 29.4 Å². The number of hydrogen-bond donors (Lipinski definition) is 4. The van der Waals surface area contributed by atoms with Gasteiger partial charge < -0.3 is 26.2 Å². The molecule has 0 spiro atoms. The number of primary amides is 1. The molecule has 5 N–H and O–H groups in total. The van der Waals surface area contributed by atoms with Gasteiger partial charge in [0.15, 0.2) is 0 Å². The van der Waals surface area contributed by atoms with E-state index in [1.165, 1.54) is 0 Å². The number of rotatable bonds is 12. The molecule has 1 atom stereocenters. The lowest BCUT2D eigenvalue weighted by Crippen LogP contribution is -2.42. The minimum Gasteiger partial charge on any atom is -0.480 e. The van der Waals surface area contributed by atoms with Crippen LogP contribution < -0.4 is 11.1 Å². The second-order valence-corrected chi connectivity index (χ2v) is 9.26. The van der Waals surface area contributed by atoms with Gasteiger partial charge in [-0.25, -0.2) is 0 Å². The molecular weight excluding hydrogens is 468 g/mol. The Bertz CT molecular complexity index is 866. The van der Waals surface area contributed by atoms with E-state index in [0.717, 1.165) is 5.56 Å². The Morgan fingerprint density at radius 2 is 1.33 bits per heavy atom. The minimum atomic E-state index is -0.904. The van der Waals surface area contributed by atoms with Crippen molar-refractivity contribution in [3.05, 3.63) is 29.8 Å². The highest BCUT2D eigenvalue weighted by atomic mass is 16.4. The molecule has 36 heavy (non-hydrogen) atoms. The summed E-state index contributed by atoms with van der Waals surface area (Å²) in [6.45, 7) is 3.96. The largest absolute Gasteiger partial charge is 0.480 e. The van der Waals surface area contributed by atoms with Gasteiger partial charge >= 0.3 is 11.9 Å². The van der Waals surface area contributed by atoms with Crippen LogP contribution in [0.2, 0.25) is 0 Å². The molecule has 1 unspecified atom stereocenters. The van der Waals surface area contributed by atoms with E-state index in [9.17, 15) is 29.4 Å². The van der Waals surface area contributed by atoms with E-state index in [0.29, 0.717) is 51.5 Å². The molecule has 0 aromatic heterocycles. The molecule has 12 heteroatoms. The van der Waals surface area contributed by atoms with Crippen molar-refractivity contribution in [3.63, 3.8) is 0 Å². The van der Waals surface area contributed by atoms with Crippen LogP contribution in [0.4, 0.5) is 5.69 Å². The van der Waals surface area contributed by atoms with Gasteiger partial charge in [-0.05, 0) is 31.8 Å². The second kappa shape index (κ2) is 14.5. The molecule has 0 radical (unpaired) electrons. The minimum absolute atomic E-state index is 0.00373. The monoisotopic (exact) mass is 506 g/mol. The van der Waals surface area contributed by atoms with Gasteiger partial charge in [-0.3, -0.25) is 33.9 Å². The van der Waals surface area contributed by atoms with Crippen LogP contribution in [0.1, 0.15) is 24.4 Å². The Labute approximate surface area is 211 Å². The van der Waals surface area contributed by atoms with Crippen molar-refractivity contribution in [2.45, 2.75) is 18.9 Å². The highest BCUT2D eigenvalue weighted by Gasteiger charge is 2.23. The third-order valence-corrected chi connectivity index (χ3v) is 6.15. The van der Waals surface area contributed by atoms with Crippen molar-refractivity contribution in [2.75, 3.05) is 78.3 Å². The number of nitrogens with two attached hydrogens (primary N) is 1. The van der Waals surface area contributed by atoms with Gasteiger partial charge in [-0.1, -0.05) is 12.1 Å². The lowest BCUT2D eigenvalue weighted by Gasteiger charge is -2.33. The zero-order chi connectivity index (χ0) is 26.7. The number of carboxylic acid groups (broad SMARTS) is 2. The highest BCUT2D eigenvalue weighted by Crippen LogP contribution is 2.22. The molecule has 0 bridgehead atoms. The van der Waals surface area contributed by atoms with Gasteiger partial charge in [0, 0.05) is 70.4 Å². The third-order valence-electron chi connectivity index (χ3n) is 6.15. The van der Waals surface area contributed by atoms with E-state index < -0.39 is 17.8 Å². The maximum Gasteiger partial charge on any atom is 0.317 e. The molecule has 1 aromatic rings. The Morgan fingerprint density at radius 1 is 0.861 bits per heavy atom. The van der Waals surface area contributed by atoms with Crippen LogP contribution >= 0.6 is 0 Å². The molecule has 200 valence electrons. The summed E-state index contributed by atoms with van der Waals surface area (Å²) >= 11 is 0. The lowest BCUT2D eigenvalue weighted by molar-refractivity contribution is -0.140. The first-order chi connectivity index (χ1) is 17.0. The summed E-state index contributed by atoms with van der Waals surface area (Å²) < 4.78 is 0. The number of anilines is 1. The molecule has 0 aliphatic carbocycles. The average Bonchev–Trinajstić information content (AvgIpc) is 2.87.